The van der Waals surface area contributed by atoms with Crippen molar-refractivity contribution < 1.29 is 29.3 Å². The third-order valence-electron chi connectivity index (χ3n) is 14.4. The van der Waals surface area contributed by atoms with Gasteiger partial charge >= 0.3 is 0 Å². The van der Waals surface area contributed by atoms with Crippen LogP contribution in [-0.4, -0.2) is 45.8 Å². The highest BCUT2D eigenvalue weighted by Crippen LogP contribution is 2.75. The molecule has 12 atom stereocenters. The van der Waals surface area contributed by atoms with Crippen LogP contribution in [0.4, 0.5) is 10.1 Å². The van der Waals surface area contributed by atoms with Crippen molar-refractivity contribution in [1.29, 1.82) is 0 Å². The van der Waals surface area contributed by atoms with Gasteiger partial charge in [-0.2, -0.15) is 0 Å². The average molecular weight is 596 g/mol. The molecule has 1 aromatic rings. The Bertz CT molecular complexity index is 1360. The van der Waals surface area contributed by atoms with Gasteiger partial charge in [0.2, 0.25) is 5.91 Å². The largest absolute Gasteiger partial charge is 0.396 e. The summed E-state index contributed by atoms with van der Waals surface area (Å²) in [6.07, 6.45) is 4.76. The second-order valence-electron chi connectivity index (χ2n) is 16.1. The monoisotopic (exact) mass is 595 g/mol. The molecule has 5 aliphatic carbocycles. The van der Waals surface area contributed by atoms with Gasteiger partial charge in [-0.3, -0.25) is 9.59 Å². The molecule has 1 amide bonds. The first-order valence-electron chi connectivity index (χ1n) is 16.4. The molecule has 6 nitrogen and oxygen atoms in total. The van der Waals surface area contributed by atoms with Gasteiger partial charge in [0.1, 0.15) is 5.82 Å². The Morgan fingerprint density at radius 2 is 1.77 bits per heavy atom. The van der Waals surface area contributed by atoms with E-state index < -0.39 is 39.7 Å². The summed E-state index contributed by atoms with van der Waals surface area (Å²) in [5.74, 6) is -0.448. The van der Waals surface area contributed by atoms with Crippen LogP contribution in [0.3, 0.4) is 0 Å². The number of anilines is 1. The molecule has 4 N–H and O–H groups in total. The number of ketones is 1. The normalized spacial score (nSPS) is 49.1. The van der Waals surface area contributed by atoms with Crippen LogP contribution in [0.15, 0.2) is 35.9 Å². The lowest BCUT2D eigenvalue weighted by Crippen LogP contribution is -2.70. The summed E-state index contributed by atoms with van der Waals surface area (Å²) < 4.78 is 14.0. The zero-order valence-electron chi connectivity index (χ0n) is 26.6. The van der Waals surface area contributed by atoms with Crippen molar-refractivity contribution in [2.45, 2.75) is 98.7 Å². The van der Waals surface area contributed by atoms with Crippen LogP contribution in [0.2, 0.25) is 0 Å². The zero-order chi connectivity index (χ0) is 31.3. The second kappa shape index (κ2) is 9.95. The maximum Gasteiger partial charge on any atom is 0.231 e. The maximum absolute atomic E-state index is 14.6. The molecule has 0 radical (unpaired) electrons. The van der Waals surface area contributed by atoms with E-state index in [-0.39, 0.29) is 47.4 Å². The van der Waals surface area contributed by atoms with Gasteiger partial charge < -0.3 is 20.6 Å². The van der Waals surface area contributed by atoms with E-state index in [1.165, 1.54) is 12.1 Å². The molecule has 4 saturated carbocycles. The molecule has 0 aliphatic heterocycles. The average Bonchev–Trinajstić information content (AvgIpc) is 2.94. The van der Waals surface area contributed by atoms with Gasteiger partial charge in [0, 0.05) is 17.0 Å². The number of hydrogen-bond acceptors (Lipinski definition) is 5. The molecule has 6 rings (SSSR count). The Morgan fingerprint density at radius 1 is 1.05 bits per heavy atom. The number of hydrogen-bond donors (Lipinski definition) is 4. The van der Waals surface area contributed by atoms with Gasteiger partial charge in [-0.15, -0.1) is 0 Å². The van der Waals surface area contributed by atoms with Gasteiger partial charge in [0.25, 0.3) is 0 Å². The summed E-state index contributed by atoms with van der Waals surface area (Å²) in [6.45, 7) is 12.8. The van der Waals surface area contributed by atoms with E-state index in [0.29, 0.717) is 24.4 Å². The Kier molecular flexibility index (Phi) is 7.16. The highest BCUT2D eigenvalue weighted by molar-refractivity contribution is 5.98. The van der Waals surface area contributed by atoms with Gasteiger partial charge in [-0.1, -0.05) is 53.2 Å². The van der Waals surface area contributed by atoms with Crippen LogP contribution in [0, 0.1) is 62.5 Å². The van der Waals surface area contributed by atoms with Crippen molar-refractivity contribution in [3.05, 3.63) is 41.7 Å². The van der Waals surface area contributed by atoms with Crippen molar-refractivity contribution in [2.24, 2.45) is 56.7 Å². The molecule has 0 aromatic heterocycles. The predicted octanol–water partition coefficient (Wildman–Crippen LogP) is 5.90. The molecule has 43 heavy (non-hydrogen) atoms. The van der Waals surface area contributed by atoms with E-state index in [1.807, 2.05) is 13.0 Å². The molecular formula is C36H50FNO5. The van der Waals surface area contributed by atoms with E-state index in [9.17, 15) is 29.3 Å². The first-order valence-corrected chi connectivity index (χ1v) is 16.4. The molecule has 4 fully saturated rings. The Balaban J connectivity index is 1.46. The van der Waals surface area contributed by atoms with Crippen LogP contribution in [-0.2, 0) is 9.59 Å². The number of allylic oxidation sites excluding steroid dienone is 2. The van der Waals surface area contributed by atoms with E-state index in [2.05, 4.69) is 39.9 Å². The van der Waals surface area contributed by atoms with Gasteiger partial charge in [0.15, 0.2) is 5.78 Å². The molecule has 1 aromatic carbocycles. The summed E-state index contributed by atoms with van der Waals surface area (Å²) in [5, 5.41) is 35.7. The predicted molar refractivity (Wildman–Crippen MR) is 163 cm³/mol. The number of carbonyl (C=O) groups is 2. The zero-order valence-corrected chi connectivity index (χ0v) is 26.6. The number of rotatable bonds is 3. The standard InChI is InChI=1S/C36H50FNO5/c1-20-10-13-36(31(43)38-23-9-7-8-22(37)16-23)15-14-34(5)24(28(36)21(20)2)17-25(40)29-32(3)18-26(41)30(42)33(4,19-39)27(32)11-12-35(29,34)6/h7-9,16-17,20-21,26-30,39,41-42H,10-15,18-19H2,1-6H3,(H,38,43)/t20-,21+,26-,27-,28+,29-,30+,32+,33+,34-,35-,36+/m1/s1. The highest BCUT2D eigenvalue weighted by atomic mass is 19.1. The molecule has 5 aliphatic rings. The Labute approximate surface area is 255 Å². The Hall–Kier alpha value is -2.09. The van der Waals surface area contributed by atoms with Crippen molar-refractivity contribution >= 4 is 17.4 Å². The number of benzene rings is 1. The number of nitrogens with one attached hydrogen (secondary N) is 1. The van der Waals surface area contributed by atoms with E-state index in [4.69, 9.17) is 0 Å². The summed E-state index contributed by atoms with van der Waals surface area (Å²) in [4.78, 5) is 28.9. The summed E-state index contributed by atoms with van der Waals surface area (Å²) >= 11 is 0. The summed E-state index contributed by atoms with van der Waals surface area (Å²) in [5.41, 5.74) is -1.38. The second-order valence-corrected chi connectivity index (χ2v) is 16.1. The van der Waals surface area contributed by atoms with Crippen LogP contribution in [0.5, 0.6) is 0 Å². The van der Waals surface area contributed by atoms with Crippen LogP contribution in [0.1, 0.15) is 86.5 Å². The fourth-order valence-electron chi connectivity index (χ4n) is 11.7. The van der Waals surface area contributed by atoms with Crippen LogP contribution >= 0.6 is 0 Å². The van der Waals surface area contributed by atoms with E-state index >= 15 is 0 Å². The number of aliphatic hydroxyl groups is 3. The fourth-order valence-corrected chi connectivity index (χ4v) is 11.7. The van der Waals surface area contributed by atoms with Gasteiger partial charge in [-0.05, 0) is 109 Å². The smallest absolute Gasteiger partial charge is 0.231 e. The molecule has 0 saturated heterocycles. The van der Waals surface area contributed by atoms with Crippen molar-refractivity contribution in [1.82, 2.24) is 0 Å². The third kappa shape index (κ3) is 3.99. The molecule has 0 heterocycles. The SMILES string of the molecule is C[C@H]1[C@H](C)CC[C@]2(C(=O)Nc3cccc(F)c3)CC[C@]3(C)C(=CC(=O)[C@@H]4[C@@]5(C)C[C@@H](O)[C@H](O)[C@@](C)(CO)[C@@H]5CC[C@]43C)[C@H]12. The lowest BCUT2D eigenvalue weighted by atomic mass is 9.33. The maximum atomic E-state index is 14.6. The first-order chi connectivity index (χ1) is 20.1. The van der Waals surface area contributed by atoms with Crippen LogP contribution < -0.4 is 5.32 Å². The quantitative estimate of drug-likeness (QED) is 0.348. The minimum atomic E-state index is -1.04. The molecule has 0 bridgehead atoms. The fraction of sp³-hybridized carbons (Fsp3) is 0.722. The van der Waals surface area contributed by atoms with E-state index in [1.54, 1.807) is 12.1 Å². The van der Waals surface area contributed by atoms with E-state index in [0.717, 1.165) is 37.7 Å². The number of halogens is 1. The molecule has 0 spiro atoms. The van der Waals surface area contributed by atoms with Crippen molar-refractivity contribution in [3.63, 3.8) is 0 Å². The molecular weight excluding hydrogens is 545 g/mol. The number of amides is 1. The van der Waals surface area contributed by atoms with Gasteiger partial charge in [0.05, 0.1) is 24.2 Å². The number of fused-ring (bicyclic) bond motifs is 7. The summed E-state index contributed by atoms with van der Waals surface area (Å²) in [6, 6.07) is 6.05. The minimum absolute atomic E-state index is 0.0535. The lowest BCUT2D eigenvalue weighted by molar-refractivity contribution is -0.238. The lowest BCUT2D eigenvalue weighted by Gasteiger charge is -2.71. The number of aliphatic hydroxyl groups excluding tert-OH is 3. The molecule has 0 unspecified atom stereocenters. The number of carbonyl (C=O) groups excluding carboxylic acids is 2. The minimum Gasteiger partial charge on any atom is -0.396 e. The molecule has 236 valence electrons. The Morgan fingerprint density at radius 3 is 2.44 bits per heavy atom. The highest BCUT2D eigenvalue weighted by Gasteiger charge is 2.72. The third-order valence-corrected chi connectivity index (χ3v) is 14.4. The van der Waals surface area contributed by atoms with Crippen LogP contribution in [0.25, 0.3) is 0 Å². The topological polar surface area (TPSA) is 107 Å². The molecule has 7 heteroatoms. The van der Waals surface area contributed by atoms with Gasteiger partial charge in [-0.25, -0.2) is 4.39 Å². The van der Waals surface area contributed by atoms with Crippen molar-refractivity contribution in [2.75, 3.05) is 11.9 Å². The first kappa shape index (κ1) is 30.9. The van der Waals surface area contributed by atoms with Crippen molar-refractivity contribution in [3.8, 4) is 0 Å². The summed E-state index contributed by atoms with van der Waals surface area (Å²) in [7, 11) is 0.